The minimum Gasteiger partial charge on any atom is -0.297 e. The zero-order valence-corrected chi connectivity index (χ0v) is 11.2. The van der Waals surface area contributed by atoms with Crippen LogP contribution in [0.1, 0.15) is 36.2 Å². The van der Waals surface area contributed by atoms with Crippen molar-refractivity contribution < 1.29 is 9.18 Å². The van der Waals surface area contributed by atoms with Crippen molar-refractivity contribution in [2.45, 2.75) is 32.7 Å². The average Bonchev–Trinajstić information content (AvgIpc) is 2.30. The van der Waals surface area contributed by atoms with Crippen LogP contribution in [0, 0.1) is 12.7 Å². The van der Waals surface area contributed by atoms with Crippen LogP contribution in [-0.4, -0.2) is 30.3 Å². The smallest absolute Gasteiger partial charge is 0.185 e. The standard InChI is InChI=1S/C14H20FNO/c1-6-14(3,16(4)5)13(17)11-9-10(2)7-8-12(11)15/h7-9H,6H2,1-5H3. The number of benzene rings is 1. The number of likely N-dealkylation sites (N-methyl/N-ethyl adjacent to an activating group) is 1. The first-order chi connectivity index (χ1) is 7.82. The molecule has 0 radical (unpaired) electrons. The normalized spacial score (nSPS) is 14.8. The molecule has 0 heterocycles. The molecule has 17 heavy (non-hydrogen) atoms. The highest BCUT2D eigenvalue weighted by Gasteiger charge is 2.35. The van der Waals surface area contributed by atoms with E-state index in [1.807, 2.05) is 39.8 Å². The highest BCUT2D eigenvalue weighted by molar-refractivity contribution is 6.03. The molecule has 0 spiro atoms. The van der Waals surface area contributed by atoms with Gasteiger partial charge in [0.15, 0.2) is 5.78 Å². The molecule has 3 heteroatoms. The van der Waals surface area contributed by atoms with E-state index in [0.29, 0.717) is 6.42 Å². The van der Waals surface area contributed by atoms with E-state index >= 15 is 0 Å². The number of aryl methyl sites for hydroxylation is 1. The van der Waals surface area contributed by atoms with Gasteiger partial charge < -0.3 is 0 Å². The van der Waals surface area contributed by atoms with Crippen LogP contribution in [0.3, 0.4) is 0 Å². The van der Waals surface area contributed by atoms with Gasteiger partial charge in [-0.05, 0) is 46.5 Å². The Kier molecular flexibility index (Phi) is 4.04. The molecule has 0 aliphatic heterocycles. The van der Waals surface area contributed by atoms with Gasteiger partial charge in [-0.25, -0.2) is 4.39 Å². The van der Waals surface area contributed by atoms with Crippen molar-refractivity contribution in [1.82, 2.24) is 4.90 Å². The molecule has 0 fully saturated rings. The van der Waals surface area contributed by atoms with Crippen LogP contribution in [0.4, 0.5) is 4.39 Å². The Hall–Kier alpha value is -1.22. The van der Waals surface area contributed by atoms with Gasteiger partial charge in [0.25, 0.3) is 0 Å². The number of hydrogen-bond acceptors (Lipinski definition) is 2. The van der Waals surface area contributed by atoms with Gasteiger partial charge in [-0.2, -0.15) is 0 Å². The second kappa shape index (κ2) is 4.96. The minimum atomic E-state index is -0.658. The predicted octanol–water partition coefficient (Wildman–Crippen LogP) is 3.05. The molecule has 0 bridgehead atoms. The topological polar surface area (TPSA) is 20.3 Å². The van der Waals surface area contributed by atoms with Crippen LogP contribution >= 0.6 is 0 Å². The number of halogens is 1. The lowest BCUT2D eigenvalue weighted by Crippen LogP contribution is -2.48. The molecule has 0 amide bonds. The van der Waals surface area contributed by atoms with Gasteiger partial charge >= 0.3 is 0 Å². The Labute approximate surface area is 102 Å². The first-order valence-electron chi connectivity index (χ1n) is 5.81. The van der Waals surface area contributed by atoms with E-state index < -0.39 is 11.4 Å². The van der Waals surface area contributed by atoms with Gasteiger partial charge in [0, 0.05) is 0 Å². The lowest BCUT2D eigenvalue weighted by molar-refractivity contribution is 0.0706. The average molecular weight is 237 g/mol. The molecule has 2 nitrogen and oxygen atoms in total. The summed E-state index contributed by atoms with van der Waals surface area (Å²) < 4.78 is 13.7. The number of carbonyl (C=O) groups is 1. The second-order valence-electron chi connectivity index (χ2n) is 4.83. The van der Waals surface area contributed by atoms with Crippen LogP contribution in [0.15, 0.2) is 18.2 Å². The summed E-state index contributed by atoms with van der Waals surface area (Å²) in [6, 6.07) is 4.65. The Morgan fingerprint density at radius 3 is 2.47 bits per heavy atom. The molecule has 1 unspecified atom stereocenters. The maximum atomic E-state index is 13.7. The molecule has 0 saturated carbocycles. The highest BCUT2D eigenvalue weighted by atomic mass is 19.1. The van der Waals surface area contributed by atoms with Crippen LogP contribution in [0.2, 0.25) is 0 Å². The molecular weight excluding hydrogens is 217 g/mol. The zero-order valence-electron chi connectivity index (χ0n) is 11.2. The van der Waals surface area contributed by atoms with Gasteiger partial charge in [-0.3, -0.25) is 9.69 Å². The van der Waals surface area contributed by atoms with E-state index in [1.54, 1.807) is 12.1 Å². The van der Waals surface area contributed by atoms with Crippen LogP contribution in [0.5, 0.6) is 0 Å². The SMILES string of the molecule is CCC(C)(C(=O)c1cc(C)ccc1F)N(C)C. The summed E-state index contributed by atoms with van der Waals surface area (Å²) >= 11 is 0. The lowest BCUT2D eigenvalue weighted by atomic mass is 9.87. The first kappa shape index (κ1) is 13.8. The van der Waals surface area contributed by atoms with E-state index in [0.717, 1.165) is 5.56 Å². The molecular formula is C14H20FNO. The maximum absolute atomic E-state index is 13.7. The monoisotopic (exact) mass is 237 g/mol. The summed E-state index contributed by atoms with van der Waals surface area (Å²) in [4.78, 5) is 14.3. The summed E-state index contributed by atoms with van der Waals surface area (Å²) in [5.41, 5.74) is 0.421. The molecule has 0 aliphatic carbocycles. The van der Waals surface area contributed by atoms with Gasteiger partial charge in [-0.1, -0.05) is 18.6 Å². The summed E-state index contributed by atoms with van der Waals surface area (Å²) in [6.07, 6.45) is 0.645. The fraction of sp³-hybridized carbons (Fsp3) is 0.500. The number of hydrogen-bond donors (Lipinski definition) is 0. The summed E-state index contributed by atoms with van der Waals surface area (Å²) in [7, 11) is 3.68. The Balaban J connectivity index is 3.24. The second-order valence-corrected chi connectivity index (χ2v) is 4.83. The van der Waals surface area contributed by atoms with Gasteiger partial charge in [0.1, 0.15) is 5.82 Å². The van der Waals surface area contributed by atoms with E-state index in [-0.39, 0.29) is 11.3 Å². The number of rotatable bonds is 4. The number of nitrogens with zero attached hydrogens (tertiary/aromatic N) is 1. The van der Waals surface area contributed by atoms with Crippen molar-refractivity contribution in [3.05, 3.63) is 35.1 Å². The number of Topliss-reactive ketones (excluding diaryl/α,β-unsaturated/α-hetero) is 1. The van der Waals surface area contributed by atoms with Crippen molar-refractivity contribution in [1.29, 1.82) is 0 Å². The molecule has 94 valence electrons. The number of ketones is 1. The molecule has 1 aromatic rings. The Bertz CT molecular complexity index is 428. The summed E-state index contributed by atoms with van der Waals surface area (Å²) in [6.45, 7) is 5.64. The van der Waals surface area contributed by atoms with E-state index in [2.05, 4.69) is 0 Å². The third-order valence-electron chi connectivity index (χ3n) is 3.53. The van der Waals surface area contributed by atoms with Crippen molar-refractivity contribution in [2.24, 2.45) is 0 Å². The Morgan fingerprint density at radius 2 is 2.00 bits per heavy atom. The summed E-state index contributed by atoms with van der Waals surface area (Å²) in [5.74, 6) is -0.603. The largest absolute Gasteiger partial charge is 0.297 e. The van der Waals surface area contributed by atoms with E-state index in [4.69, 9.17) is 0 Å². The zero-order chi connectivity index (χ0) is 13.2. The molecule has 0 aliphatic rings. The van der Waals surface area contributed by atoms with Crippen molar-refractivity contribution >= 4 is 5.78 Å². The third-order valence-corrected chi connectivity index (χ3v) is 3.53. The van der Waals surface area contributed by atoms with Crippen molar-refractivity contribution in [3.63, 3.8) is 0 Å². The quantitative estimate of drug-likeness (QED) is 0.750. The van der Waals surface area contributed by atoms with E-state index in [1.165, 1.54) is 6.07 Å². The molecule has 0 aromatic heterocycles. The fourth-order valence-corrected chi connectivity index (χ4v) is 1.78. The lowest BCUT2D eigenvalue weighted by Gasteiger charge is -2.34. The molecule has 0 saturated heterocycles. The van der Waals surface area contributed by atoms with Crippen LogP contribution in [-0.2, 0) is 0 Å². The minimum absolute atomic E-state index is 0.161. The molecule has 0 N–H and O–H groups in total. The van der Waals surface area contributed by atoms with Crippen LogP contribution < -0.4 is 0 Å². The fourth-order valence-electron chi connectivity index (χ4n) is 1.78. The molecule has 1 atom stereocenters. The van der Waals surface area contributed by atoms with Gasteiger partial charge in [0.2, 0.25) is 0 Å². The summed E-state index contributed by atoms with van der Waals surface area (Å²) in [5, 5.41) is 0. The highest BCUT2D eigenvalue weighted by Crippen LogP contribution is 2.24. The first-order valence-corrected chi connectivity index (χ1v) is 5.81. The number of carbonyl (C=O) groups excluding carboxylic acids is 1. The van der Waals surface area contributed by atoms with Crippen LogP contribution in [0.25, 0.3) is 0 Å². The van der Waals surface area contributed by atoms with Crippen molar-refractivity contribution in [3.8, 4) is 0 Å². The maximum Gasteiger partial charge on any atom is 0.185 e. The Morgan fingerprint density at radius 1 is 1.41 bits per heavy atom. The van der Waals surface area contributed by atoms with Crippen molar-refractivity contribution in [2.75, 3.05) is 14.1 Å². The third kappa shape index (κ3) is 2.55. The van der Waals surface area contributed by atoms with Gasteiger partial charge in [-0.15, -0.1) is 0 Å². The van der Waals surface area contributed by atoms with E-state index in [9.17, 15) is 9.18 Å². The van der Waals surface area contributed by atoms with Gasteiger partial charge in [0.05, 0.1) is 11.1 Å². The molecule has 1 aromatic carbocycles. The molecule has 1 rings (SSSR count). The predicted molar refractivity (Wildman–Crippen MR) is 67.9 cm³/mol.